The Hall–Kier alpha value is -2.43. The molecule has 5 heteroatoms. The highest BCUT2D eigenvalue weighted by Gasteiger charge is 2.22. The van der Waals surface area contributed by atoms with E-state index < -0.39 is 10.7 Å². The zero-order valence-electron chi connectivity index (χ0n) is 11.4. The van der Waals surface area contributed by atoms with Crippen molar-refractivity contribution in [1.29, 1.82) is 0 Å². The molecule has 0 amide bonds. The molecule has 1 aliphatic rings. The van der Waals surface area contributed by atoms with Gasteiger partial charge in [0.05, 0.1) is 16.7 Å². The minimum absolute atomic E-state index is 0.244. The average Bonchev–Trinajstić information content (AvgIpc) is 3.31. The number of rotatable bonds is 5. The van der Waals surface area contributed by atoms with E-state index in [1.54, 1.807) is 0 Å². The lowest BCUT2D eigenvalue weighted by atomic mass is 10.1. The van der Waals surface area contributed by atoms with Crippen molar-refractivity contribution in [2.24, 2.45) is 0 Å². The van der Waals surface area contributed by atoms with E-state index in [-0.39, 0.29) is 11.4 Å². The third-order valence-electron chi connectivity index (χ3n) is 3.67. The Morgan fingerprint density at radius 2 is 1.90 bits per heavy atom. The third kappa shape index (κ3) is 3.18. The molecule has 0 spiro atoms. The first-order valence-corrected chi connectivity index (χ1v) is 6.90. The number of anilines is 1. The summed E-state index contributed by atoms with van der Waals surface area (Å²) in [5.74, 6) is 0.109. The van der Waals surface area contributed by atoms with Crippen LogP contribution >= 0.6 is 0 Å². The second-order valence-electron chi connectivity index (χ2n) is 5.29. The van der Waals surface area contributed by atoms with Crippen molar-refractivity contribution in [3.05, 3.63) is 69.5 Å². The molecule has 0 atom stereocenters. The molecule has 108 valence electrons. The molecular weight excluding hydrogens is 271 g/mol. The van der Waals surface area contributed by atoms with Crippen LogP contribution in [-0.4, -0.2) is 4.92 Å². The minimum atomic E-state index is -0.612. The first-order valence-electron chi connectivity index (χ1n) is 6.90. The highest BCUT2D eigenvalue weighted by Crippen LogP contribution is 2.39. The fraction of sp³-hybridized carbons (Fsp3) is 0.250. The van der Waals surface area contributed by atoms with Crippen molar-refractivity contribution in [2.75, 3.05) is 5.32 Å². The van der Waals surface area contributed by atoms with Gasteiger partial charge in [-0.2, -0.15) is 0 Å². The molecule has 2 aromatic carbocycles. The van der Waals surface area contributed by atoms with Gasteiger partial charge in [0, 0.05) is 12.6 Å². The number of nitro benzene ring substituents is 1. The van der Waals surface area contributed by atoms with Crippen LogP contribution in [0, 0.1) is 15.9 Å². The van der Waals surface area contributed by atoms with Crippen molar-refractivity contribution >= 4 is 11.4 Å². The van der Waals surface area contributed by atoms with Gasteiger partial charge in [-0.15, -0.1) is 0 Å². The molecule has 0 aromatic heterocycles. The molecule has 0 radical (unpaired) electrons. The average molecular weight is 286 g/mol. The summed E-state index contributed by atoms with van der Waals surface area (Å²) in [7, 11) is 0. The van der Waals surface area contributed by atoms with Crippen LogP contribution in [0.5, 0.6) is 0 Å². The van der Waals surface area contributed by atoms with Gasteiger partial charge in [0.15, 0.2) is 5.82 Å². The van der Waals surface area contributed by atoms with E-state index in [9.17, 15) is 14.5 Å². The Labute approximate surface area is 121 Å². The van der Waals surface area contributed by atoms with Gasteiger partial charge < -0.3 is 5.32 Å². The van der Waals surface area contributed by atoms with Crippen molar-refractivity contribution in [1.82, 2.24) is 0 Å². The normalized spacial score (nSPS) is 14.0. The maximum atomic E-state index is 13.7. The van der Waals surface area contributed by atoms with Gasteiger partial charge in [-0.3, -0.25) is 10.1 Å². The minimum Gasteiger partial charge on any atom is -0.379 e. The molecule has 1 aliphatic carbocycles. The van der Waals surface area contributed by atoms with Gasteiger partial charge in [0.25, 0.3) is 5.69 Å². The zero-order chi connectivity index (χ0) is 14.8. The molecule has 0 heterocycles. The van der Waals surface area contributed by atoms with Gasteiger partial charge in [-0.25, -0.2) is 4.39 Å². The molecule has 0 unspecified atom stereocenters. The molecule has 0 aliphatic heterocycles. The van der Waals surface area contributed by atoms with Gasteiger partial charge in [0.2, 0.25) is 0 Å². The number of nitrogens with one attached hydrogen (secondary N) is 1. The number of nitro groups is 1. The first-order chi connectivity index (χ1) is 10.1. The van der Waals surface area contributed by atoms with Crippen LogP contribution in [0.2, 0.25) is 0 Å². The zero-order valence-corrected chi connectivity index (χ0v) is 11.4. The van der Waals surface area contributed by atoms with Crippen molar-refractivity contribution in [2.45, 2.75) is 25.3 Å². The number of hydrogen-bond donors (Lipinski definition) is 1. The maximum absolute atomic E-state index is 13.7. The lowest BCUT2D eigenvalue weighted by Gasteiger charge is -2.08. The van der Waals surface area contributed by atoms with Crippen LogP contribution in [0.4, 0.5) is 15.8 Å². The summed E-state index contributed by atoms with van der Waals surface area (Å²) < 4.78 is 13.7. The van der Waals surface area contributed by atoms with Crippen molar-refractivity contribution in [3.63, 3.8) is 0 Å². The number of nitrogens with zero attached hydrogens (tertiary/aromatic N) is 1. The van der Waals surface area contributed by atoms with Crippen LogP contribution in [0.25, 0.3) is 0 Å². The lowest BCUT2D eigenvalue weighted by molar-refractivity contribution is -0.385. The van der Waals surface area contributed by atoms with Crippen LogP contribution in [-0.2, 0) is 6.54 Å². The number of non-ortho nitro benzene ring substituents is 1. The summed E-state index contributed by atoms with van der Waals surface area (Å²) in [5.41, 5.74) is 2.44. The lowest BCUT2D eigenvalue weighted by Crippen LogP contribution is -2.02. The monoisotopic (exact) mass is 286 g/mol. The Morgan fingerprint density at radius 3 is 2.48 bits per heavy atom. The number of halogens is 1. The second kappa shape index (κ2) is 5.52. The Morgan fingerprint density at radius 1 is 1.19 bits per heavy atom. The van der Waals surface area contributed by atoms with E-state index in [4.69, 9.17) is 0 Å². The predicted molar refractivity (Wildman–Crippen MR) is 78.8 cm³/mol. The largest absolute Gasteiger partial charge is 0.379 e. The molecule has 21 heavy (non-hydrogen) atoms. The summed E-state index contributed by atoms with van der Waals surface area (Å²) in [6.45, 7) is 0.486. The molecule has 2 aromatic rings. The highest BCUT2D eigenvalue weighted by atomic mass is 19.1. The van der Waals surface area contributed by atoms with Gasteiger partial charge in [-0.05, 0) is 36.0 Å². The summed E-state index contributed by atoms with van der Waals surface area (Å²) >= 11 is 0. The van der Waals surface area contributed by atoms with Crippen LogP contribution in [0.3, 0.4) is 0 Å². The first kappa shape index (κ1) is 13.5. The molecule has 1 N–H and O–H groups in total. The topological polar surface area (TPSA) is 55.2 Å². The van der Waals surface area contributed by atoms with E-state index in [0.29, 0.717) is 6.54 Å². The fourth-order valence-corrected chi connectivity index (χ4v) is 2.28. The standard InChI is InChI=1S/C16H15FN2O2/c17-15-9-14(19(20)21)7-8-16(15)18-10-11-1-3-12(4-2-11)13-5-6-13/h1-4,7-9,13,18H,5-6,10H2. The van der Waals surface area contributed by atoms with Gasteiger partial charge in [-0.1, -0.05) is 24.3 Å². The summed E-state index contributed by atoms with van der Waals surface area (Å²) in [6.07, 6.45) is 2.54. The van der Waals surface area contributed by atoms with E-state index >= 15 is 0 Å². The maximum Gasteiger partial charge on any atom is 0.272 e. The van der Waals surface area contributed by atoms with Crippen LogP contribution < -0.4 is 5.32 Å². The van der Waals surface area contributed by atoms with Crippen molar-refractivity contribution < 1.29 is 9.31 Å². The Kier molecular flexibility index (Phi) is 3.56. The molecule has 1 fully saturated rings. The quantitative estimate of drug-likeness (QED) is 0.661. The van der Waals surface area contributed by atoms with Gasteiger partial charge >= 0.3 is 0 Å². The number of hydrogen-bond acceptors (Lipinski definition) is 3. The fourth-order valence-electron chi connectivity index (χ4n) is 2.28. The number of benzene rings is 2. The molecular formula is C16H15FN2O2. The third-order valence-corrected chi connectivity index (χ3v) is 3.67. The molecule has 3 rings (SSSR count). The van der Waals surface area contributed by atoms with E-state index in [1.807, 2.05) is 12.1 Å². The molecule has 0 bridgehead atoms. The summed E-state index contributed by atoms with van der Waals surface area (Å²) in [5, 5.41) is 13.5. The Balaban J connectivity index is 1.65. The summed E-state index contributed by atoms with van der Waals surface area (Å²) in [4.78, 5) is 9.95. The van der Waals surface area contributed by atoms with E-state index in [2.05, 4.69) is 17.4 Å². The van der Waals surface area contributed by atoms with Crippen LogP contribution in [0.1, 0.15) is 29.9 Å². The molecule has 1 saturated carbocycles. The van der Waals surface area contributed by atoms with E-state index in [0.717, 1.165) is 17.5 Å². The molecule has 4 nitrogen and oxygen atoms in total. The Bertz CT molecular complexity index is 666. The highest BCUT2D eigenvalue weighted by molar-refractivity contribution is 5.50. The van der Waals surface area contributed by atoms with Crippen molar-refractivity contribution in [3.8, 4) is 0 Å². The van der Waals surface area contributed by atoms with Crippen LogP contribution in [0.15, 0.2) is 42.5 Å². The smallest absolute Gasteiger partial charge is 0.272 e. The predicted octanol–water partition coefficient (Wildman–Crippen LogP) is 4.22. The van der Waals surface area contributed by atoms with E-state index in [1.165, 1.54) is 30.5 Å². The SMILES string of the molecule is O=[N+]([O-])c1ccc(NCc2ccc(C3CC3)cc2)c(F)c1. The van der Waals surface area contributed by atoms with Gasteiger partial charge in [0.1, 0.15) is 0 Å². The summed E-state index contributed by atoms with van der Waals surface area (Å²) in [6, 6.07) is 11.9. The molecule has 0 saturated heterocycles. The second-order valence-corrected chi connectivity index (χ2v) is 5.29.